The van der Waals surface area contributed by atoms with Gasteiger partial charge in [-0.25, -0.2) is 4.79 Å². The van der Waals surface area contributed by atoms with E-state index >= 15 is 0 Å². The molecule has 124 valence electrons. The van der Waals surface area contributed by atoms with Gasteiger partial charge in [-0.15, -0.1) is 11.8 Å². The molecular formula is C18H23NO3S. The maximum atomic E-state index is 12.2. The molecular weight excluding hydrogens is 310 g/mol. The number of rotatable bonds is 6. The van der Waals surface area contributed by atoms with Crippen molar-refractivity contribution in [3.8, 4) is 0 Å². The fourth-order valence-corrected chi connectivity index (χ4v) is 5.08. The lowest BCUT2D eigenvalue weighted by Crippen LogP contribution is -2.40. The molecule has 4 atom stereocenters. The minimum Gasteiger partial charge on any atom is -0.478 e. The van der Waals surface area contributed by atoms with Gasteiger partial charge in [-0.3, -0.25) is 4.79 Å². The molecule has 2 N–H and O–H groups in total. The van der Waals surface area contributed by atoms with E-state index in [1.165, 1.54) is 37.4 Å². The van der Waals surface area contributed by atoms with Gasteiger partial charge in [0.25, 0.3) is 0 Å². The normalized spacial score (nSPS) is 26.9. The lowest BCUT2D eigenvalue weighted by Gasteiger charge is -2.28. The molecule has 5 heteroatoms. The molecule has 1 aromatic rings. The van der Waals surface area contributed by atoms with Crippen molar-refractivity contribution in [2.75, 3.05) is 5.75 Å². The second-order valence-electron chi connectivity index (χ2n) is 6.78. The summed E-state index contributed by atoms with van der Waals surface area (Å²) >= 11 is 1.29. The van der Waals surface area contributed by atoms with Crippen molar-refractivity contribution >= 4 is 23.6 Å². The summed E-state index contributed by atoms with van der Waals surface area (Å²) in [5.41, 5.74) is 0.256. The van der Waals surface area contributed by atoms with Crippen LogP contribution in [0.2, 0.25) is 0 Å². The Bertz CT molecular complexity index is 604. The molecule has 1 aromatic carbocycles. The molecule has 2 bridgehead atoms. The molecule has 0 unspecified atom stereocenters. The van der Waals surface area contributed by atoms with Crippen molar-refractivity contribution in [2.45, 2.75) is 43.5 Å². The number of carbonyl (C=O) groups is 2. The molecule has 0 aromatic heterocycles. The third-order valence-corrected chi connectivity index (χ3v) is 6.37. The third-order valence-electron chi connectivity index (χ3n) is 5.30. The predicted molar refractivity (Wildman–Crippen MR) is 90.7 cm³/mol. The fourth-order valence-electron chi connectivity index (χ4n) is 4.22. The van der Waals surface area contributed by atoms with Gasteiger partial charge < -0.3 is 10.4 Å². The summed E-state index contributed by atoms with van der Waals surface area (Å²) in [5, 5.41) is 12.3. The van der Waals surface area contributed by atoms with Gasteiger partial charge in [0, 0.05) is 10.9 Å². The van der Waals surface area contributed by atoms with Crippen LogP contribution in [-0.2, 0) is 4.79 Å². The van der Waals surface area contributed by atoms with Gasteiger partial charge in [-0.2, -0.15) is 0 Å². The van der Waals surface area contributed by atoms with Crippen LogP contribution in [0, 0.1) is 17.8 Å². The predicted octanol–water partition coefficient (Wildman–Crippen LogP) is 3.42. The van der Waals surface area contributed by atoms with E-state index in [9.17, 15) is 9.59 Å². The van der Waals surface area contributed by atoms with Crippen LogP contribution in [0.25, 0.3) is 0 Å². The zero-order chi connectivity index (χ0) is 16.4. The first-order chi connectivity index (χ1) is 11.0. The Kier molecular flexibility index (Phi) is 4.95. The van der Waals surface area contributed by atoms with Crippen LogP contribution in [0.3, 0.4) is 0 Å². The van der Waals surface area contributed by atoms with Crippen LogP contribution >= 0.6 is 11.8 Å². The third kappa shape index (κ3) is 3.71. The number of carbonyl (C=O) groups excluding carboxylic acids is 1. The molecule has 4 nitrogen and oxygen atoms in total. The van der Waals surface area contributed by atoms with Crippen LogP contribution in [0.5, 0.6) is 0 Å². The van der Waals surface area contributed by atoms with Crippen molar-refractivity contribution in [1.29, 1.82) is 0 Å². The van der Waals surface area contributed by atoms with Gasteiger partial charge >= 0.3 is 5.97 Å². The summed E-state index contributed by atoms with van der Waals surface area (Å²) in [7, 11) is 0. The summed E-state index contributed by atoms with van der Waals surface area (Å²) < 4.78 is 0. The van der Waals surface area contributed by atoms with Gasteiger partial charge in [0.1, 0.15) is 0 Å². The lowest BCUT2D eigenvalue weighted by atomic mass is 9.84. The number of nitrogens with one attached hydrogen (secondary N) is 1. The average molecular weight is 333 g/mol. The van der Waals surface area contributed by atoms with Crippen molar-refractivity contribution in [1.82, 2.24) is 5.32 Å². The Morgan fingerprint density at radius 2 is 2.09 bits per heavy atom. The van der Waals surface area contributed by atoms with Crippen LogP contribution in [0.1, 0.15) is 43.0 Å². The zero-order valence-corrected chi connectivity index (χ0v) is 14.1. The molecule has 23 heavy (non-hydrogen) atoms. The fraction of sp³-hybridized carbons (Fsp3) is 0.556. The number of amides is 1. The molecule has 2 saturated carbocycles. The zero-order valence-electron chi connectivity index (χ0n) is 13.3. The SMILES string of the molecule is C[C@H](NC(=O)CSc1ccccc1C(=O)O)[C@H]1C[C@H]2CC[C@@H]1C2. The smallest absolute Gasteiger partial charge is 0.336 e. The minimum atomic E-state index is -0.955. The summed E-state index contributed by atoms with van der Waals surface area (Å²) in [6, 6.07) is 7.03. The van der Waals surface area contributed by atoms with Crippen LogP contribution in [0.4, 0.5) is 0 Å². The van der Waals surface area contributed by atoms with E-state index in [0.717, 1.165) is 11.8 Å². The maximum Gasteiger partial charge on any atom is 0.336 e. The van der Waals surface area contributed by atoms with E-state index in [-0.39, 0.29) is 23.3 Å². The summed E-state index contributed by atoms with van der Waals surface area (Å²) in [5.74, 6) is 1.58. The van der Waals surface area contributed by atoms with Crippen molar-refractivity contribution < 1.29 is 14.7 Å². The Morgan fingerprint density at radius 3 is 2.74 bits per heavy atom. The molecule has 1 amide bonds. The van der Waals surface area contributed by atoms with Crippen molar-refractivity contribution in [3.63, 3.8) is 0 Å². The first kappa shape index (κ1) is 16.4. The minimum absolute atomic E-state index is 0.00883. The van der Waals surface area contributed by atoms with Crippen LogP contribution in [-0.4, -0.2) is 28.8 Å². The van der Waals surface area contributed by atoms with Crippen molar-refractivity contribution in [3.05, 3.63) is 29.8 Å². The van der Waals surface area contributed by atoms with Gasteiger partial charge in [0.2, 0.25) is 5.91 Å². The van der Waals surface area contributed by atoms with Gasteiger partial charge in [0.15, 0.2) is 0 Å². The summed E-state index contributed by atoms with van der Waals surface area (Å²) in [6.07, 6.45) is 5.27. The first-order valence-electron chi connectivity index (χ1n) is 8.29. The highest BCUT2D eigenvalue weighted by Gasteiger charge is 2.42. The van der Waals surface area contributed by atoms with Gasteiger partial charge in [-0.1, -0.05) is 18.6 Å². The number of thioether (sulfide) groups is 1. The van der Waals surface area contributed by atoms with Crippen LogP contribution < -0.4 is 5.32 Å². The number of benzene rings is 1. The molecule has 2 aliphatic rings. The number of hydrogen-bond acceptors (Lipinski definition) is 3. The molecule has 0 spiro atoms. The van der Waals surface area contributed by atoms with Gasteiger partial charge in [-0.05, 0) is 56.1 Å². The molecule has 0 heterocycles. The Balaban J connectivity index is 1.51. The largest absolute Gasteiger partial charge is 0.478 e. The van der Waals surface area contributed by atoms with E-state index in [2.05, 4.69) is 12.2 Å². The molecule has 2 fully saturated rings. The molecule has 0 radical (unpaired) electrons. The first-order valence-corrected chi connectivity index (χ1v) is 9.27. The second kappa shape index (κ2) is 6.95. The number of carboxylic acid groups (broad SMARTS) is 1. The van der Waals surface area contributed by atoms with E-state index < -0.39 is 5.97 Å². The molecule has 0 saturated heterocycles. The summed E-state index contributed by atoms with van der Waals surface area (Å²) in [6.45, 7) is 2.11. The van der Waals surface area contributed by atoms with Gasteiger partial charge in [0.05, 0.1) is 11.3 Å². The highest BCUT2D eigenvalue weighted by molar-refractivity contribution is 8.00. The molecule has 2 aliphatic carbocycles. The highest BCUT2D eigenvalue weighted by Crippen LogP contribution is 2.49. The molecule has 0 aliphatic heterocycles. The topological polar surface area (TPSA) is 66.4 Å². The monoisotopic (exact) mass is 333 g/mol. The van der Waals surface area contributed by atoms with E-state index in [1.54, 1.807) is 24.3 Å². The maximum absolute atomic E-state index is 12.2. The number of fused-ring (bicyclic) bond motifs is 2. The van der Waals surface area contributed by atoms with E-state index in [4.69, 9.17) is 5.11 Å². The number of aromatic carboxylic acids is 1. The number of carboxylic acids is 1. The second-order valence-corrected chi connectivity index (χ2v) is 7.80. The number of hydrogen-bond donors (Lipinski definition) is 2. The van der Waals surface area contributed by atoms with E-state index in [1.807, 2.05) is 0 Å². The average Bonchev–Trinajstić information content (AvgIpc) is 3.16. The van der Waals surface area contributed by atoms with Crippen LogP contribution in [0.15, 0.2) is 29.2 Å². The van der Waals surface area contributed by atoms with Crippen molar-refractivity contribution in [2.24, 2.45) is 17.8 Å². The molecule has 3 rings (SSSR count). The Labute approximate surface area is 141 Å². The highest BCUT2D eigenvalue weighted by atomic mass is 32.2. The lowest BCUT2D eigenvalue weighted by molar-refractivity contribution is -0.119. The standard InChI is InChI=1S/C18H23NO3S/c1-11(15-9-12-6-7-13(15)8-12)19-17(20)10-23-16-5-3-2-4-14(16)18(21)22/h2-5,11-13,15H,6-10H2,1H3,(H,19,20)(H,21,22)/t11-,12-,13+,15+/m0/s1. The van der Waals surface area contributed by atoms with E-state index in [0.29, 0.717) is 10.8 Å². The Morgan fingerprint density at radius 1 is 1.30 bits per heavy atom. The quantitative estimate of drug-likeness (QED) is 0.783. The Hall–Kier alpha value is -1.49. The summed E-state index contributed by atoms with van der Waals surface area (Å²) in [4.78, 5) is 24.0.